The summed E-state index contributed by atoms with van der Waals surface area (Å²) in [6.07, 6.45) is 4.03. The second-order valence-corrected chi connectivity index (χ2v) is 6.88. The molecule has 0 radical (unpaired) electrons. The lowest BCUT2D eigenvalue weighted by atomic mass is 10.0. The minimum atomic E-state index is 0.321. The molecule has 1 fully saturated rings. The molecule has 1 N–H and O–H groups in total. The van der Waals surface area contributed by atoms with Crippen LogP contribution in [0, 0.1) is 0 Å². The first kappa shape index (κ1) is 14.8. The van der Waals surface area contributed by atoms with Gasteiger partial charge in [0.1, 0.15) is 0 Å². The minimum Gasteiger partial charge on any atom is -0.304 e. The fraction of sp³-hybridized carbons (Fsp3) is 0.444. The summed E-state index contributed by atoms with van der Waals surface area (Å²) in [6.45, 7) is 2.30. The van der Waals surface area contributed by atoms with Gasteiger partial charge >= 0.3 is 0 Å². The van der Waals surface area contributed by atoms with Crippen LogP contribution in [0.2, 0.25) is 0 Å². The Kier molecular flexibility index (Phi) is 5.07. The van der Waals surface area contributed by atoms with Crippen LogP contribution in [0.25, 0.3) is 0 Å². The summed E-state index contributed by atoms with van der Waals surface area (Å²) in [7, 11) is 2.26. The summed E-state index contributed by atoms with van der Waals surface area (Å²) in [5.41, 5.74) is 1.36. The van der Waals surface area contributed by atoms with Crippen LogP contribution in [0.5, 0.6) is 0 Å². The molecule has 2 atom stereocenters. The molecule has 3 heteroatoms. The summed E-state index contributed by atoms with van der Waals surface area (Å²) >= 11 is 1.84. The number of nitrogens with one attached hydrogen (secondary N) is 1. The van der Waals surface area contributed by atoms with Crippen LogP contribution in [0.1, 0.15) is 35.7 Å². The summed E-state index contributed by atoms with van der Waals surface area (Å²) < 4.78 is 0. The van der Waals surface area contributed by atoms with Crippen molar-refractivity contribution < 1.29 is 0 Å². The molecule has 1 aliphatic heterocycles. The van der Waals surface area contributed by atoms with Crippen molar-refractivity contribution in [1.82, 2.24) is 10.2 Å². The van der Waals surface area contributed by atoms with Crippen molar-refractivity contribution in [1.29, 1.82) is 0 Å². The Morgan fingerprint density at radius 1 is 1.19 bits per heavy atom. The molecular weight excluding hydrogens is 276 g/mol. The van der Waals surface area contributed by atoms with Gasteiger partial charge in [-0.1, -0.05) is 42.8 Å². The average Bonchev–Trinajstić information content (AvgIpc) is 3.04. The first-order chi connectivity index (χ1) is 10.3. The molecule has 3 rings (SSSR count). The van der Waals surface area contributed by atoms with Crippen molar-refractivity contribution >= 4 is 11.3 Å². The number of thiophene rings is 1. The van der Waals surface area contributed by atoms with Gasteiger partial charge in [-0.2, -0.15) is 0 Å². The fourth-order valence-electron chi connectivity index (χ4n) is 3.14. The number of hydrogen-bond acceptors (Lipinski definition) is 3. The molecule has 21 heavy (non-hydrogen) atoms. The van der Waals surface area contributed by atoms with Crippen LogP contribution in [-0.4, -0.2) is 31.1 Å². The van der Waals surface area contributed by atoms with Crippen molar-refractivity contribution in [2.45, 2.75) is 31.3 Å². The second kappa shape index (κ2) is 7.21. The molecule has 0 spiro atoms. The van der Waals surface area contributed by atoms with Crippen molar-refractivity contribution in [2.75, 3.05) is 20.1 Å². The van der Waals surface area contributed by atoms with Gasteiger partial charge < -0.3 is 10.2 Å². The Labute approximate surface area is 131 Å². The van der Waals surface area contributed by atoms with Crippen molar-refractivity contribution in [2.24, 2.45) is 0 Å². The summed E-state index contributed by atoms with van der Waals surface area (Å²) in [5, 5.41) is 5.97. The molecule has 2 aromatic rings. The SMILES string of the molecule is CN1CCCCC1CNC(c1ccccc1)c1cccs1. The molecule has 1 aliphatic rings. The standard InChI is InChI=1S/C18H24N2S/c1-20-12-6-5-10-16(20)14-19-18(17-11-7-13-21-17)15-8-3-2-4-9-15/h2-4,7-9,11,13,16,18-19H,5-6,10,12,14H2,1H3. The average molecular weight is 300 g/mol. The molecule has 0 saturated carbocycles. The van der Waals surface area contributed by atoms with Gasteiger partial charge in [-0.3, -0.25) is 0 Å². The van der Waals surface area contributed by atoms with E-state index < -0.39 is 0 Å². The Balaban J connectivity index is 1.71. The van der Waals surface area contributed by atoms with E-state index in [0.29, 0.717) is 12.1 Å². The predicted octanol–water partition coefficient (Wildman–Crippen LogP) is 3.91. The molecule has 2 unspecified atom stereocenters. The highest BCUT2D eigenvalue weighted by molar-refractivity contribution is 7.10. The van der Waals surface area contributed by atoms with Crippen molar-refractivity contribution in [3.63, 3.8) is 0 Å². The topological polar surface area (TPSA) is 15.3 Å². The molecule has 0 aliphatic carbocycles. The van der Waals surface area contributed by atoms with Gasteiger partial charge in [0, 0.05) is 17.5 Å². The molecule has 2 heterocycles. The summed E-state index contributed by atoms with van der Waals surface area (Å²) in [6, 6.07) is 16.2. The monoisotopic (exact) mass is 300 g/mol. The maximum absolute atomic E-state index is 3.81. The molecule has 1 saturated heterocycles. The van der Waals surface area contributed by atoms with Crippen LogP contribution in [0.15, 0.2) is 47.8 Å². The Morgan fingerprint density at radius 2 is 2.05 bits per heavy atom. The van der Waals surface area contributed by atoms with E-state index in [1.54, 1.807) is 0 Å². The van der Waals surface area contributed by atoms with Gasteiger partial charge in [-0.15, -0.1) is 11.3 Å². The highest BCUT2D eigenvalue weighted by atomic mass is 32.1. The Hall–Kier alpha value is -1.16. The fourth-order valence-corrected chi connectivity index (χ4v) is 3.97. The maximum Gasteiger partial charge on any atom is 0.0671 e. The van der Waals surface area contributed by atoms with E-state index in [1.165, 1.54) is 36.2 Å². The summed E-state index contributed by atoms with van der Waals surface area (Å²) in [4.78, 5) is 3.91. The normalized spacial score (nSPS) is 21.3. The third-order valence-corrected chi connectivity index (χ3v) is 5.38. The zero-order chi connectivity index (χ0) is 14.5. The predicted molar refractivity (Wildman–Crippen MR) is 90.9 cm³/mol. The van der Waals surface area contributed by atoms with Gasteiger partial charge in [0.15, 0.2) is 0 Å². The highest BCUT2D eigenvalue weighted by Gasteiger charge is 2.21. The lowest BCUT2D eigenvalue weighted by Gasteiger charge is -2.33. The molecular formula is C18H24N2S. The number of benzene rings is 1. The van der Waals surface area contributed by atoms with Gasteiger partial charge in [0.2, 0.25) is 0 Å². The van der Waals surface area contributed by atoms with Crippen LogP contribution in [-0.2, 0) is 0 Å². The molecule has 1 aromatic heterocycles. The van der Waals surface area contributed by atoms with E-state index in [4.69, 9.17) is 0 Å². The maximum atomic E-state index is 3.81. The summed E-state index contributed by atoms with van der Waals surface area (Å²) in [5.74, 6) is 0. The molecule has 112 valence electrons. The number of piperidine rings is 1. The number of hydrogen-bond donors (Lipinski definition) is 1. The van der Waals surface area contributed by atoms with E-state index in [2.05, 4.69) is 65.1 Å². The minimum absolute atomic E-state index is 0.321. The quantitative estimate of drug-likeness (QED) is 0.900. The number of likely N-dealkylation sites (N-methyl/N-ethyl adjacent to an activating group) is 1. The van der Waals surface area contributed by atoms with E-state index in [9.17, 15) is 0 Å². The zero-order valence-electron chi connectivity index (χ0n) is 12.7. The van der Waals surface area contributed by atoms with Crippen molar-refractivity contribution in [3.05, 3.63) is 58.3 Å². The molecule has 0 amide bonds. The number of nitrogens with zero attached hydrogens (tertiary/aromatic N) is 1. The van der Waals surface area contributed by atoms with Crippen molar-refractivity contribution in [3.8, 4) is 0 Å². The van der Waals surface area contributed by atoms with Crippen LogP contribution in [0.3, 0.4) is 0 Å². The third kappa shape index (κ3) is 3.73. The smallest absolute Gasteiger partial charge is 0.0671 e. The first-order valence-electron chi connectivity index (χ1n) is 7.86. The third-order valence-electron chi connectivity index (χ3n) is 4.44. The molecule has 2 nitrogen and oxygen atoms in total. The van der Waals surface area contributed by atoms with E-state index >= 15 is 0 Å². The van der Waals surface area contributed by atoms with Crippen LogP contribution >= 0.6 is 11.3 Å². The van der Waals surface area contributed by atoms with E-state index in [0.717, 1.165) is 6.54 Å². The number of likely N-dealkylation sites (tertiary alicyclic amines) is 1. The molecule has 1 aromatic carbocycles. The molecule has 0 bridgehead atoms. The number of rotatable bonds is 5. The zero-order valence-corrected chi connectivity index (χ0v) is 13.5. The second-order valence-electron chi connectivity index (χ2n) is 5.90. The lowest BCUT2D eigenvalue weighted by molar-refractivity contribution is 0.179. The van der Waals surface area contributed by atoms with Gasteiger partial charge in [-0.05, 0) is 43.4 Å². The van der Waals surface area contributed by atoms with Crippen LogP contribution < -0.4 is 5.32 Å². The van der Waals surface area contributed by atoms with Crippen LogP contribution in [0.4, 0.5) is 0 Å². The van der Waals surface area contributed by atoms with E-state index in [-0.39, 0.29) is 0 Å². The first-order valence-corrected chi connectivity index (χ1v) is 8.74. The largest absolute Gasteiger partial charge is 0.304 e. The van der Waals surface area contributed by atoms with E-state index in [1.807, 2.05) is 11.3 Å². The highest BCUT2D eigenvalue weighted by Crippen LogP contribution is 2.26. The Bertz CT molecular complexity index is 523. The van der Waals surface area contributed by atoms with Gasteiger partial charge in [-0.25, -0.2) is 0 Å². The lowest BCUT2D eigenvalue weighted by Crippen LogP contribution is -2.43. The van der Waals surface area contributed by atoms with Gasteiger partial charge in [0.05, 0.1) is 6.04 Å². The Morgan fingerprint density at radius 3 is 2.76 bits per heavy atom. The van der Waals surface area contributed by atoms with Gasteiger partial charge in [0.25, 0.3) is 0 Å².